The van der Waals surface area contributed by atoms with Gasteiger partial charge in [-0.05, 0) is 45.2 Å². The molecule has 5 nitrogen and oxygen atoms in total. The molecule has 0 radical (unpaired) electrons. The van der Waals surface area contributed by atoms with Crippen LogP contribution in [-0.2, 0) is 11.2 Å². The van der Waals surface area contributed by atoms with Crippen LogP contribution in [-0.4, -0.2) is 31.5 Å². The van der Waals surface area contributed by atoms with Crippen LogP contribution in [0.3, 0.4) is 0 Å². The molecule has 1 amide bonds. The Kier molecular flexibility index (Phi) is 5.06. The quantitative estimate of drug-likeness (QED) is 0.923. The van der Waals surface area contributed by atoms with Crippen molar-refractivity contribution in [2.45, 2.75) is 39.7 Å². The molecule has 0 spiro atoms. The molecular weight excluding hydrogens is 306 g/mol. The van der Waals surface area contributed by atoms with E-state index in [1.807, 2.05) is 27.7 Å². The summed E-state index contributed by atoms with van der Waals surface area (Å²) in [6, 6.07) is 1.77. The summed E-state index contributed by atoms with van der Waals surface area (Å²) < 4.78 is 16.4. The average molecular weight is 328 g/mol. The first-order valence-corrected chi connectivity index (χ1v) is 7.70. The third-order valence-corrected chi connectivity index (χ3v) is 3.53. The van der Waals surface area contributed by atoms with E-state index < -0.39 is 11.7 Å². The lowest BCUT2D eigenvalue weighted by molar-refractivity contribution is 0.0528. The Labute approximate surface area is 135 Å². The SMILES string of the molecule is Cc1c(CCNC(=O)OC(C)(C)C)c(Cl)cc2c1OCCO2. The first-order valence-electron chi connectivity index (χ1n) is 7.32. The van der Waals surface area contributed by atoms with E-state index in [4.69, 9.17) is 25.8 Å². The highest BCUT2D eigenvalue weighted by molar-refractivity contribution is 6.31. The second kappa shape index (κ2) is 6.65. The van der Waals surface area contributed by atoms with Gasteiger partial charge in [0.1, 0.15) is 18.8 Å². The van der Waals surface area contributed by atoms with Crippen molar-refractivity contribution in [3.63, 3.8) is 0 Å². The lowest BCUT2D eigenvalue weighted by atomic mass is 10.0. The zero-order chi connectivity index (χ0) is 16.3. The molecule has 1 aliphatic rings. The minimum Gasteiger partial charge on any atom is -0.486 e. The number of carbonyl (C=O) groups is 1. The molecule has 0 aliphatic carbocycles. The number of nitrogens with one attached hydrogen (secondary N) is 1. The van der Waals surface area contributed by atoms with Gasteiger partial charge in [0.15, 0.2) is 11.5 Å². The maximum atomic E-state index is 11.6. The summed E-state index contributed by atoms with van der Waals surface area (Å²) in [6.45, 7) is 8.93. The molecule has 0 aromatic heterocycles. The molecule has 1 N–H and O–H groups in total. The van der Waals surface area contributed by atoms with Gasteiger partial charge < -0.3 is 19.5 Å². The minimum atomic E-state index is -0.505. The van der Waals surface area contributed by atoms with E-state index in [1.54, 1.807) is 6.07 Å². The van der Waals surface area contributed by atoms with Crippen LogP contribution in [0.5, 0.6) is 11.5 Å². The van der Waals surface area contributed by atoms with Crippen molar-refractivity contribution >= 4 is 17.7 Å². The molecular formula is C16H22ClNO4. The Bertz CT molecular complexity index is 566. The molecule has 1 aromatic carbocycles. The number of benzene rings is 1. The van der Waals surface area contributed by atoms with Gasteiger partial charge in [-0.1, -0.05) is 11.6 Å². The number of hydrogen-bond acceptors (Lipinski definition) is 4. The van der Waals surface area contributed by atoms with E-state index in [2.05, 4.69) is 5.32 Å². The minimum absolute atomic E-state index is 0.432. The molecule has 2 rings (SSSR count). The summed E-state index contributed by atoms with van der Waals surface area (Å²) in [7, 11) is 0. The molecule has 1 heterocycles. The molecule has 0 atom stereocenters. The van der Waals surface area contributed by atoms with Gasteiger partial charge in [-0.2, -0.15) is 0 Å². The predicted octanol–water partition coefficient (Wildman–Crippen LogP) is 3.49. The number of carbonyl (C=O) groups excluding carboxylic acids is 1. The summed E-state index contributed by atoms with van der Waals surface area (Å²) in [6.07, 6.45) is 0.166. The molecule has 1 aliphatic heterocycles. The number of rotatable bonds is 3. The lowest BCUT2D eigenvalue weighted by Crippen LogP contribution is -2.33. The Morgan fingerprint density at radius 2 is 2.05 bits per heavy atom. The molecule has 1 aromatic rings. The fraction of sp³-hybridized carbons (Fsp3) is 0.562. The van der Waals surface area contributed by atoms with E-state index in [1.165, 1.54) is 0 Å². The largest absolute Gasteiger partial charge is 0.486 e. The van der Waals surface area contributed by atoms with Crippen molar-refractivity contribution in [3.05, 3.63) is 22.2 Å². The first-order chi connectivity index (χ1) is 10.3. The second-order valence-corrected chi connectivity index (χ2v) is 6.57. The molecule has 0 saturated heterocycles. The summed E-state index contributed by atoms with van der Waals surface area (Å²) in [5.41, 5.74) is 1.39. The Balaban J connectivity index is 2.00. The summed E-state index contributed by atoms with van der Waals surface area (Å²) >= 11 is 6.31. The van der Waals surface area contributed by atoms with Crippen LogP contribution in [0.25, 0.3) is 0 Å². The van der Waals surface area contributed by atoms with Crippen molar-refractivity contribution in [2.75, 3.05) is 19.8 Å². The maximum absolute atomic E-state index is 11.6. The van der Waals surface area contributed by atoms with Crippen molar-refractivity contribution in [3.8, 4) is 11.5 Å². The lowest BCUT2D eigenvalue weighted by Gasteiger charge is -2.23. The van der Waals surface area contributed by atoms with Crippen molar-refractivity contribution in [1.82, 2.24) is 5.32 Å². The summed E-state index contributed by atoms with van der Waals surface area (Å²) in [4.78, 5) is 11.6. The van der Waals surface area contributed by atoms with E-state index >= 15 is 0 Å². The third kappa shape index (κ3) is 4.19. The topological polar surface area (TPSA) is 56.8 Å². The number of fused-ring (bicyclic) bond motifs is 1. The summed E-state index contributed by atoms with van der Waals surface area (Å²) in [5, 5.41) is 3.35. The van der Waals surface area contributed by atoms with Gasteiger partial charge in [0.05, 0.1) is 0 Å². The van der Waals surface area contributed by atoms with Gasteiger partial charge >= 0.3 is 6.09 Å². The molecule has 22 heavy (non-hydrogen) atoms. The average Bonchev–Trinajstić information content (AvgIpc) is 2.40. The van der Waals surface area contributed by atoms with Crippen LogP contribution in [0.15, 0.2) is 6.07 Å². The predicted molar refractivity (Wildman–Crippen MR) is 85.1 cm³/mol. The maximum Gasteiger partial charge on any atom is 0.407 e. The molecule has 0 saturated carbocycles. The van der Waals surface area contributed by atoms with Crippen LogP contribution < -0.4 is 14.8 Å². The zero-order valence-corrected chi connectivity index (χ0v) is 14.2. The van der Waals surface area contributed by atoms with E-state index in [0.717, 1.165) is 16.9 Å². The Morgan fingerprint density at radius 1 is 1.36 bits per heavy atom. The van der Waals surface area contributed by atoms with Gasteiger partial charge in [0.2, 0.25) is 0 Å². The van der Waals surface area contributed by atoms with Crippen molar-refractivity contribution in [1.29, 1.82) is 0 Å². The smallest absolute Gasteiger partial charge is 0.407 e. The Hall–Kier alpha value is -1.62. The van der Waals surface area contributed by atoms with Gasteiger partial charge in [0.25, 0.3) is 0 Å². The monoisotopic (exact) mass is 327 g/mol. The number of amides is 1. The van der Waals surface area contributed by atoms with Crippen LogP contribution >= 0.6 is 11.6 Å². The van der Waals surface area contributed by atoms with Gasteiger partial charge in [0, 0.05) is 17.6 Å². The highest BCUT2D eigenvalue weighted by atomic mass is 35.5. The van der Waals surface area contributed by atoms with Gasteiger partial charge in [-0.3, -0.25) is 0 Å². The summed E-state index contributed by atoms with van der Waals surface area (Å²) in [5.74, 6) is 1.42. The standard InChI is InChI=1S/C16H22ClNO4/c1-10-11(5-6-18-15(19)22-16(2,3)4)12(17)9-13-14(10)21-8-7-20-13/h9H,5-8H2,1-4H3,(H,18,19). The molecule has 122 valence electrons. The number of alkyl carbamates (subject to hydrolysis) is 1. The molecule has 0 fully saturated rings. The molecule has 6 heteroatoms. The Morgan fingerprint density at radius 3 is 2.73 bits per heavy atom. The molecule has 0 bridgehead atoms. The van der Waals surface area contributed by atoms with E-state index in [-0.39, 0.29) is 0 Å². The first kappa shape index (κ1) is 16.7. The van der Waals surface area contributed by atoms with E-state index in [0.29, 0.717) is 37.0 Å². The van der Waals surface area contributed by atoms with Gasteiger partial charge in [-0.25, -0.2) is 4.79 Å². The zero-order valence-electron chi connectivity index (χ0n) is 13.4. The van der Waals surface area contributed by atoms with Crippen molar-refractivity contribution in [2.24, 2.45) is 0 Å². The number of halogens is 1. The normalized spacial score (nSPS) is 13.7. The number of hydrogen-bond donors (Lipinski definition) is 1. The van der Waals surface area contributed by atoms with Gasteiger partial charge in [-0.15, -0.1) is 0 Å². The highest BCUT2D eigenvalue weighted by Crippen LogP contribution is 2.39. The van der Waals surface area contributed by atoms with E-state index in [9.17, 15) is 4.79 Å². The van der Waals surface area contributed by atoms with Crippen LogP contribution in [0, 0.1) is 6.92 Å². The molecule has 0 unspecified atom stereocenters. The number of ether oxygens (including phenoxy) is 3. The van der Waals surface area contributed by atoms with Crippen LogP contribution in [0.2, 0.25) is 5.02 Å². The third-order valence-electron chi connectivity index (χ3n) is 3.19. The van der Waals surface area contributed by atoms with Crippen LogP contribution in [0.4, 0.5) is 4.79 Å². The second-order valence-electron chi connectivity index (χ2n) is 6.16. The highest BCUT2D eigenvalue weighted by Gasteiger charge is 2.20. The fourth-order valence-electron chi connectivity index (χ4n) is 2.26. The fourth-order valence-corrected chi connectivity index (χ4v) is 2.60. The van der Waals surface area contributed by atoms with Crippen molar-refractivity contribution < 1.29 is 19.0 Å². The van der Waals surface area contributed by atoms with Crippen LogP contribution in [0.1, 0.15) is 31.9 Å².